The van der Waals surface area contributed by atoms with Gasteiger partial charge in [-0.05, 0) is 30.7 Å². The van der Waals surface area contributed by atoms with Gasteiger partial charge in [-0.1, -0.05) is 44.9 Å². The van der Waals surface area contributed by atoms with Crippen LogP contribution in [0.25, 0.3) is 0 Å². The molecule has 0 N–H and O–H groups in total. The van der Waals surface area contributed by atoms with E-state index < -0.39 is 0 Å². The Bertz CT molecular complexity index is 950. The minimum absolute atomic E-state index is 0.116. The van der Waals surface area contributed by atoms with E-state index in [1.165, 1.54) is 12.0 Å². The zero-order valence-corrected chi connectivity index (χ0v) is 18.9. The van der Waals surface area contributed by atoms with E-state index in [0.29, 0.717) is 18.4 Å². The smallest absolute Gasteiger partial charge is 0.229 e. The molecular weight excluding hydrogens is 396 g/mol. The summed E-state index contributed by atoms with van der Waals surface area (Å²) in [6.07, 6.45) is 8.25. The highest BCUT2D eigenvalue weighted by atomic mass is 16.5. The number of rotatable bonds is 10. The molecule has 0 bridgehead atoms. The molecule has 168 valence electrons. The highest BCUT2D eigenvalue weighted by Gasteiger charge is 2.36. The summed E-state index contributed by atoms with van der Waals surface area (Å²) in [6, 6.07) is 0.270. The lowest BCUT2D eigenvalue weighted by molar-refractivity contribution is -0.115. The van der Waals surface area contributed by atoms with Crippen LogP contribution in [0.3, 0.4) is 0 Å². The van der Waals surface area contributed by atoms with Crippen molar-refractivity contribution < 1.29 is 13.8 Å². The summed E-state index contributed by atoms with van der Waals surface area (Å²) >= 11 is 0. The Morgan fingerprint density at radius 2 is 1.84 bits per heavy atom. The van der Waals surface area contributed by atoms with Crippen molar-refractivity contribution in [3.05, 3.63) is 41.9 Å². The third-order valence-electron chi connectivity index (χ3n) is 6.30. The summed E-state index contributed by atoms with van der Waals surface area (Å²) in [7, 11) is 0. The molecule has 4 heterocycles. The molecule has 0 spiro atoms. The van der Waals surface area contributed by atoms with Crippen molar-refractivity contribution in [2.45, 2.75) is 89.7 Å². The van der Waals surface area contributed by atoms with Crippen molar-refractivity contribution in [3.8, 4) is 0 Å². The fourth-order valence-electron chi connectivity index (χ4n) is 3.87. The Hall–Kier alpha value is -2.55. The summed E-state index contributed by atoms with van der Waals surface area (Å²) < 4.78 is 18.3. The van der Waals surface area contributed by atoms with Gasteiger partial charge in [-0.2, -0.15) is 15.1 Å². The van der Waals surface area contributed by atoms with Gasteiger partial charge in [-0.25, -0.2) is 0 Å². The molecular formula is C22H32N6O3. The third kappa shape index (κ3) is 4.87. The molecule has 3 aromatic heterocycles. The zero-order valence-electron chi connectivity index (χ0n) is 18.9. The summed E-state index contributed by atoms with van der Waals surface area (Å²) in [5.41, 5.74) is 1.25. The summed E-state index contributed by atoms with van der Waals surface area (Å²) in [5, 5.41) is 12.7. The molecule has 0 aromatic carbocycles. The monoisotopic (exact) mass is 428 g/mol. The highest BCUT2D eigenvalue weighted by Crippen LogP contribution is 2.34. The second-order valence-corrected chi connectivity index (χ2v) is 9.14. The molecule has 5 atom stereocenters. The minimum atomic E-state index is 0.116. The molecule has 0 radical (unpaired) electrons. The quantitative estimate of drug-likeness (QED) is 0.461. The predicted octanol–water partition coefficient (Wildman–Crippen LogP) is 4.59. The average molecular weight is 429 g/mol. The Morgan fingerprint density at radius 1 is 1.03 bits per heavy atom. The molecule has 3 aromatic rings. The van der Waals surface area contributed by atoms with Crippen LogP contribution in [0.1, 0.15) is 107 Å². The first-order valence-electron chi connectivity index (χ1n) is 11.2. The van der Waals surface area contributed by atoms with E-state index in [0.717, 1.165) is 30.9 Å². The Labute approximate surface area is 182 Å². The van der Waals surface area contributed by atoms with E-state index in [1.54, 1.807) is 0 Å². The number of nitrogens with zero attached hydrogens (tertiary/aromatic N) is 6. The Morgan fingerprint density at radius 3 is 2.48 bits per heavy atom. The fourth-order valence-corrected chi connectivity index (χ4v) is 3.87. The van der Waals surface area contributed by atoms with E-state index in [1.807, 2.05) is 10.9 Å². The molecule has 1 saturated heterocycles. The molecule has 31 heavy (non-hydrogen) atoms. The van der Waals surface area contributed by atoms with Crippen molar-refractivity contribution in [1.29, 1.82) is 0 Å². The largest absolute Gasteiger partial charge is 0.374 e. The minimum Gasteiger partial charge on any atom is -0.374 e. The van der Waals surface area contributed by atoms with Gasteiger partial charge in [0, 0.05) is 24.0 Å². The highest BCUT2D eigenvalue weighted by molar-refractivity contribution is 5.10. The second-order valence-electron chi connectivity index (χ2n) is 9.14. The van der Waals surface area contributed by atoms with Gasteiger partial charge in [0.25, 0.3) is 0 Å². The van der Waals surface area contributed by atoms with E-state index in [-0.39, 0.29) is 29.9 Å². The summed E-state index contributed by atoms with van der Waals surface area (Å²) in [5.74, 6) is 3.19. The first-order valence-corrected chi connectivity index (χ1v) is 11.2. The molecule has 0 saturated carbocycles. The summed E-state index contributed by atoms with van der Waals surface area (Å²) in [4.78, 5) is 8.81. The van der Waals surface area contributed by atoms with Gasteiger partial charge in [0.05, 0.1) is 18.9 Å². The van der Waals surface area contributed by atoms with Gasteiger partial charge in [0.2, 0.25) is 12.3 Å². The van der Waals surface area contributed by atoms with Crippen LogP contribution in [0.5, 0.6) is 0 Å². The van der Waals surface area contributed by atoms with Gasteiger partial charge < -0.3 is 13.8 Å². The second kappa shape index (κ2) is 9.30. The number of hydrogen-bond donors (Lipinski definition) is 0. The van der Waals surface area contributed by atoms with Crippen molar-refractivity contribution >= 4 is 0 Å². The van der Waals surface area contributed by atoms with Crippen LogP contribution >= 0.6 is 0 Å². The van der Waals surface area contributed by atoms with Crippen molar-refractivity contribution in [3.63, 3.8) is 0 Å². The van der Waals surface area contributed by atoms with E-state index in [2.05, 4.69) is 66.2 Å². The molecule has 1 fully saturated rings. The maximum absolute atomic E-state index is 5.85. The van der Waals surface area contributed by atoms with Crippen LogP contribution in [0.2, 0.25) is 0 Å². The molecule has 4 rings (SSSR count). The lowest BCUT2D eigenvalue weighted by Gasteiger charge is -2.37. The molecule has 1 aliphatic rings. The summed E-state index contributed by atoms with van der Waals surface area (Å²) in [6.45, 7) is 11.4. The van der Waals surface area contributed by atoms with Crippen LogP contribution < -0.4 is 0 Å². The van der Waals surface area contributed by atoms with Gasteiger partial charge >= 0.3 is 0 Å². The molecule has 9 nitrogen and oxygen atoms in total. The lowest BCUT2D eigenvalue weighted by atomic mass is 9.94. The van der Waals surface area contributed by atoms with E-state index >= 15 is 0 Å². The Kier molecular flexibility index (Phi) is 6.50. The number of aromatic nitrogens is 6. The van der Waals surface area contributed by atoms with E-state index in [9.17, 15) is 0 Å². The number of ether oxygens (including phenoxy) is 1. The van der Waals surface area contributed by atoms with Gasteiger partial charge in [0.15, 0.2) is 11.6 Å². The molecule has 0 amide bonds. The average Bonchev–Trinajstić information content (AvgIpc) is 3.49. The first kappa shape index (κ1) is 21.7. The molecule has 9 heteroatoms. The van der Waals surface area contributed by atoms with Crippen LogP contribution in [0.4, 0.5) is 0 Å². The van der Waals surface area contributed by atoms with Crippen LogP contribution in [0.15, 0.2) is 27.8 Å². The molecule has 1 aliphatic heterocycles. The van der Waals surface area contributed by atoms with E-state index in [4.69, 9.17) is 13.8 Å². The van der Waals surface area contributed by atoms with Gasteiger partial charge in [-0.3, -0.25) is 4.68 Å². The lowest BCUT2D eigenvalue weighted by Crippen LogP contribution is -2.42. The van der Waals surface area contributed by atoms with Crippen molar-refractivity contribution in [2.24, 2.45) is 0 Å². The van der Waals surface area contributed by atoms with Gasteiger partial charge in [-0.15, -0.1) is 0 Å². The van der Waals surface area contributed by atoms with Crippen LogP contribution in [-0.2, 0) is 4.74 Å². The van der Waals surface area contributed by atoms with Crippen molar-refractivity contribution in [2.75, 3.05) is 6.61 Å². The normalized spacial score (nSPS) is 21.7. The standard InChI is InChI=1S/C22H32N6O3/c1-13(2)17-9-24-28(10-17)18-11-29-19(18)8-16(5)21-25-22(31-27-21)15(4)7-6-14(3)20-23-12-30-26-20/h9-10,12-16,18-19H,6-8,11H2,1-5H3. The van der Waals surface area contributed by atoms with Crippen LogP contribution in [-0.4, -0.2) is 42.8 Å². The molecule has 0 aliphatic carbocycles. The first-order chi connectivity index (χ1) is 14.9. The fraction of sp³-hybridized carbons (Fsp3) is 0.682. The topological polar surface area (TPSA) is 105 Å². The maximum atomic E-state index is 5.85. The number of hydrogen-bond acceptors (Lipinski definition) is 8. The predicted molar refractivity (Wildman–Crippen MR) is 113 cm³/mol. The van der Waals surface area contributed by atoms with Gasteiger partial charge in [0.1, 0.15) is 6.04 Å². The van der Waals surface area contributed by atoms with Crippen LogP contribution in [0, 0.1) is 0 Å². The van der Waals surface area contributed by atoms with Crippen molar-refractivity contribution in [1.82, 2.24) is 30.1 Å². The molecule has 5 unspecified atom stereocenters. The zero-order chi connectivity index (χ0) is 22.0. The maximum Gasteiger partial charge on any atom is 0.229 e. The third-order valence-corrected chi connectivity index (χ3v) is 6.30. The Balaban J connectivity index is 1.30. The SMILES string of the molecule is CC(C)c1cnn(C2COC2CC(C)c2noc(C(C)CCC(C)c3ncon3)n2)c1.